The highest BCUT2D eigenvalue weighted by atomic mass is 35.5. The van der Waals surface area contributed by atoms with Gasteiger partial charge in [-0.2, -0.15) is 0 Å². The summed E-state index contributed by atoms with van der Waals surface area (Å²) in [6.45, 7) is 2.05. The molecule has 0 amide bonds. The molecule has 2 aromatic rings. The van der Waals surface area contributed by atoms with Crippen LogP contribution >= 0.6 is 34.8 Å². The third-order valence-corrected chi connectivity index (χ3v) is 4.04. The van der Waals surface area contributed by atoms with Gasteiger partial charge < -0.3 is 10.2 Å². The summed E-state index contributed by atoms with van der Waals surface area (Å²) >= 11 is 18.3. The molecule has 0 saturated carbocycles. The molecular weight excluding hydrogens is 327 g/mol. The van der Waals surface area contributed by atoms with Crippen molar-refractivity contribution in [2.75, 3.05) is 24.3 Å². The molecule has 0 aliphatic heterocycles. The molecule has 5 heteroatoms. The maximum absolute atomic E-state index is 6.26. The maximum atomic E-state index is 6.26. The SMILES string of the molecule is CC(Nc1cc(Cl)ccc1N(C)C)c1ccc(Cl)cc1Cl. The van der Waals surface area contributed by atoms with Crippen LogP contribution in [0.5, 0.6) is 0 Å². The molecule has 1 unspecified atom stereocenters. The molecule has 21 heavy (non-hydrogen) atoms. The summed E-state index contributed by atoms with van der Waals surface area (Å²) in [6.07, 6.45) is 0. The summed E-state index contributed by atoms with van der Waals surface area (Å²) in [5.41, 5.74) is 3.02. The van der Waals surface area contributed by atoms with Gasteiger partial charge in [-0.15, -0.1) is 0 Å². The number of benzene rings is 2. The van der Waals surface area contributed by atoms with Crippen LogP contribution in [0.4, 0.5) is 11.4 Å². The Labute approximate surface area is 140 Å². The smallest absolute Gasteiger partial charge is 0.0598 e. The zero-order chi connectivity index (χ0) is 15.6. The number of nitrogens with one attached hydrogen (secondary N) is 1. The molecule has 2 aromatic carbocycles. The lowest BCUT2D eigenvalue weighted by Crippen LogP contribution is -2.14. The average molecular weight is 344 g/mol. The summed E-state index contributed by atoms with van der Waals surface area (Å²) in [7, 11) is 3.99. The van der Waals surface area contributed by atoms with E-state index < -0.39 is 0 Å². The molecule has 0 aliphatic rings. The van der Waals surface area contributed by atoms with Crippen LogP contribution in [0.2, 0.25) is 15.1 Å². The topological polar surface area (TPSA) is 15.3 Å². The molecule has 0 spiro atoms. The highest BCUT2D eigenvalue weighted by Crippen LogP contribution is 2.33. The highest BCUT2D eigenvalue weighted by Gasteiger charge is 2.13. The van der Waals surface area contributed by atoms with Crippen molar-refractivity contribution in [3.63, 3.8) is 0 Å². The molecular formula is C16H17Cl3N2. The van der Waals surface area contributed by atoms with Gasteiger partial charge in [0.25, 0.3) is 0 Å². The number of halogens is 3. The molecule has 1 atom stereocenters. The lowest BCUT2D eigenvalue weighted by molar-refractivity contribution is 0.883. The van der Waals surface area contributed by atoms with Gasteiger partial charge in [0.15, 0.2) is 0 Å². The first-order chi connectivity index (χ1) is 9.88. The van der Waals surface area contributed by atoms with Gasteiger partial charge in [0.05, 0.1) is 17.4 Å². The summed E-state index contributed by atoms with van der Waals surface area (Å²) in [6, 6.07) is 11.3. The molecule has 0 aromatic heterocycles. The van der Waals surface area contributed by atoms with Gasteiger partial charge in [-0.3, -0.25) is 0 Å². The van der Waals surface area contributed by atoms with Gasteiger partial charge in [-0.05, 0) is 42.8 Å². The van der Waals surface area contributed by atoms with E-state index in [1.807, 2.05) is 49.3 Å². The molecule has 0 heterocycles. The van der Waals surface area contributed by atoms with Crippen molar-refractivity contribution in [3.8, 4) is 0 Å². The van der Waals surface area contributed by atoms with Gasteiger partial charge in [0.2, 0.25) is 0 Å². The van der Waals surface area contributed by atoms with Crippen LogP contribution in [0.3, 0.4) is 0 Å². The van der Waals surface area contributed by atoms with Gasteiger partial charge in [-0.25, -0.2) is 0 Å². The Morgan fingerprint density at radius 3 is 2.19 bits per heavy atom. The van der Waals surface area contributed by atoms with Crippen LogP contribution in [-0.2, 0) is 0 Å². The third kappa shape index (κ3) is 3.97. The minimum absolute atomic E-state index is 0.0342. The molecule has 2 rings (SSSR count). The second-order valence-electron chi connectivity index (χ2n) is 5.09. The van der Waals surface area contributed by atoms with E-state index >= 15 is 0 Å². The van der Waals surface area contributed by atoms with Gasteiger partial charge >= 0.3 is 0 Å². The molecule has 0 radical (unpaired) electrons. The number of hydrogen-bond donors (Lipinski definition) is 1. The van der Waals surface area contributed by atoms with E-state index in [0.29, 0.717) is 15.1 Å². The van der Waals surface area contributed by atoms with Crippen LogP contribution in [-0.4, -0.2) is 14.1 Å². The maximum Gasteiger partial charge on any atom is 0.0598 e. The molecule has 2 nitrogen and oxygen atoms in total. The molecule has 0 aliphatic carbocycles. The average Bonchev–Trinajstić information content (AvgIpc) is 2.37. The summed E-state index contributed by atoms with van der Waals surface area (Å²) in [5.74, 6) is 0. The van der Waals surface area contributed by atoms with Crippen LogP contribution in [0.15, 0.2) is 36.4 Å². The molecule has 0 bridgehead atoms. The Balaban J connectivity index is 2.31. The third-order valence-electron chi connectivity index (χ3n) is 3.24. The van der Waals surface area contributed by atoms with Gasteiger partial charge in [0, 0.05) is 29.2 Å². The van der Waals surface area contributed by atoms with E-state index in [4.69, 9.17) is 34.8 Å². The van der Waals surface area contributed by atoms with Crippen molar-refractivity contribution in [3.05, 3.63) is 57.0 Å². The predicted octanol–water partition coefficient (Wildman–Crippen LogP) is 5.89. The first-order valence-electron chi connectivity index (χ1n) is 6.57. The quantitative estimate of drug-likeness (QED) is 0.745. The monoisotopic (exact) mass is 342 g/mol. The van der Waals surface area contributed by atoms with Gasteiger partial charge in [0.1, 0.15) is 0 Å². The number of hydrogen-bond acceptors (Lipinski definition) is 2. The van der Waals surface area contributed by atoms with Crippen molar-refractivity contribution >= 4 is 46.2 Å². The van der Waals surface area contributed by atoms with E-state index in [2.05, 4.69) is 12.2 Å². The van der Waals surface area contributed by atoms with E-state index in [0.717, 1.165) is 16.9 Å². The molecule has 0 fully saturated rings. The second kappa shape index (κ2) is 6.78. The van der Waals surface area contributed by atoms with Crippen LogP contribution in [0.25, 0.3) is 0 Å². The van der Waals surface area contributed by atoms with Crippen molar-refractivity contribution in [1.29, 1.82) is 0 Å². The van der Waals surface area contributed by atoms with Crippen LogP contribution < -0.4 is 10.2 Å². The number of nitrogens with zero attached hydrogens (tertiary/aromatic N) is 1. The minimum Gasteiger partial charge on any atom is -0.377 e. The Morgan fingerprint density at radius 2 is 1.57 bits per heavy atom. The molecule has 112 valence electrons. The lowest BCUT2D eigenvalue weighted by atomic mass is 10.1. The molecule has 1 N–H and O–H groups in total. The standard InChI is InChI=1S/C16H17Cl3N2/c1-10(13-6-4-11(17)8-14(13)19)20-15-9-12(18)5-7-16(15)21(2)3/h4-10,20H,1-3H3. The summed E-state index contributed by atoms with van der Waals surface area (Å²) < 4.78 is 0. The molecule has 0 saturated heterocycles. The summed E-state index contributed by atoms with van der Waals surface area (Å²) in [4.78, 5) is 2.04. The second-order valence-corrected chi connectivity index (χ2v) is 6.37. The first kappa shape index (κ1) is 16.3. The largest absolute Gasteiger partial charge is 0.377 e. The fraction of sp³-hybridized carbons (Fsp3) is 0.250. The fourth-order valence-corrected chi connectivity index (χ4v) is 2.92. The first-order valence-corrected chi connectivity index (χ1v) is 7.70. The minimum atomic E-state index is 0.0342. The Bertz CT molecular complexity index is 641. The van der Waals surface area contributed by atoms with E-state index in [9.17, 15) is 0 Å². The van der Waals surface area contributed by atoms with Crippen molar-refractivity contribution < 1.29 is 0 Å². The van der Waals surface area contributed by atoms with Crippen LogP contribution in [0, 0.1) is 0 Å². The normalized spacial score (nSPS) is 12.1. The Hall–Kier alpha value is -1.09. The zero-order valence-corrected chi connectivity index (χ0v) is 14.4. The predicted molar refractivity (Wildman–Crippen MR) is 94.3 cm³/mol. The Morgan fingerprint density at radius 1 is 0.952 bits per heavy atom. The number of rotatable bonds is 4. The number of anilines is 2. The van der Waals surface area contributed by atoms with Crippen molar-refractivity contribution in [2.45, 2.75) is 13.0 Å². The summed E-state index contributed by atoms with van der Waals surface area (Å²) in [5, 5.41) is 5.43. The Kier molecular flexibility index (Phi) is 5.26. The van der Waals surface area contributed by atoms with Crippen LogP contribution in [0.1, 0.15) is 18.5 Å². The zero-order valence-electron chi connectivity index (χ0n) is 12.1. The van der Waals surface area contributed by atoms with Crippen molar-refractivity contribution in [1.82, 2.24) is 0 Å². The fourth-order valence-electron chi connectivity index (χ4n) is 2.18. The van der Waals surface area contributed by atoms with Crippen molar-refractivity contribution in [2.24, 2.45) is 0 Å². The van der Waals surface area contributed by atoms with E-state index in [1.165, 1.54) is 0 Å². The lowest BCUT2D eigenvalue weighted by Gasteiger charge is -2.23. The highest BCUT2D eigenvalue weighted by molar-refractivity contribution is 6.35. The van der Waals surface area contributed by atoms with E-state index in [-0.39, 0.29) is 6.04 Å². The van der Waals surface area contributed by atoms with Gasteiger partial charge in [-0.1, -0.05) is 40.9 Å². The van der Waals surface area contributed by atoms with E-state index in [1.54, 1.807) is 6.07 Å².